The maximum atomic E-state index is 10.0. The van der Waals surface area contributed by atoms with Crippen LogP contribution in [-0.4, -0.2) is 26.5 Å². The van der Waals surface area contributed by atoms with E-state index in [0.717, 1.165) is 0 Å². The van der Waals surface area contributed by atoms with E-state index < -0.39 is 0 Å². The van der Waals surface area contributed by atoms with Gasteiger partial charge >= 0.3 is 0 Å². The van der Waals surface area contributed by atoms with Crippen LogP contribution in [0.25, 0.3) is 5.69 Å². The van der Waals surface area contributed by atoms with Crippen LogP contribution in [0.1, 0.15) is 18.1 Å². The highest BCUT2D eigenvalue weighted by Gasteiger charge is 2.18. The molecule has 0 saturated carbocycles. The molecule has 0 spiro atoms. The number of phenolic OH excluding ortho intramolecular Hbond substituents is 1. The van der Waals surface area contributed by atoms with Gasteiger partial charge in [0.05, 0.1) is 12.3 Å². The van der Waals surface area contributed by atoms with Gasteiger partial charge in [0.25, 0.3) is 0 Å². The number of ether oxygens (including phenoxy) is 1. The third kappa shape index (κ3) is 2.07. The summed E-state index contributed by atoms with van der Waals surface area (Å²) in [6, 6.07) is 4.62. The maximum absolute atomic E-state index is 10.0. The molecule has 0 atom stereocenters. The van der Waals surface area contributed by atoms with Gasteiger partial charge in [0.15, 0.2) is 11.5 Å². The highest BCUT2D eigenvalue weighted by Crippen LogP contribution is 2.37. The highest BCUT2D eigenvalue weighted by molar-refractivity contribution is 5.55. The number of hydrogen-bond acceptors (Lipinski definition) is 4. The highest BCUT2D eigenvalue weighted by atomic mass is 16.5. The van der Waals surface area contributed by atoms with Crippen molar-refractivity contribution in [3.8, 4) is 28.9 Å². The Kier molecular flexibility index (Phi) is 3.29. The van der Waals surface area contributed by atoms with E-state index in [2.05, 4.69) is 0 Å². The standard InChI is InChI=1S/C14H17NO4/c1-4-19-12-7-10(5-6-11(12)16)15-13(17)8(2)9(3)14(15)18/h5-7,16-18H,4H2,1-3H3. The van der Waals surface area contributed by atoms with Gasteiger partial charge in [-0.25, -0.2) is 0 Å². The molecule has 2 aromatic rings. The summed E-state index contributed by atoms with van der Waals surface area (Å²) < 4.78 is 6.60. The Morgan fingerprint density at radius 1 is 1.05 bits per heavy atom. The molecule has 0 aliphatic heterocycles. The van der Waals surface area contributed by atoms with Crippen LogP contribution >= 0.6 is 0 Å². The van der Waals surface area contributed by atoms with Crippen LogP contribution in [0.2, 0.25) is 0 Å². The van der Waals surface area contributed by atoms with Crippen molar-refractivity contribution in [3.63, 3.8) is 0 Å². The second-order valence-corrected chi connectivity index (χ2v) is 4.32. The molecule has 2 rings (SSSR count). The second-order valence-electron chi connectivity index (χ2n) is 4.32. The minimum absolute atomic E-state index is 0.0187. The molecule has 5 nitrogen and oxygen atoms in total. The van der Waals surface area contributed by atoms with E-state index in [-0.39, 0.29) is 17.5 Å². The Hall–Kier alpha value is -2.30. The van der Waals surface area contributed by atoms with E-state index >= 15 is 0 Å². The third-order valence-corrected chi connectivity index (χ3v) is 3.16. The number of nitrogens with zero attached hydrogens (tertiary/aromatic N) is 1. The Balaban J connectivity index is 2.60. The molecule has 1 heterocycles. The third-order valence-electron chi connectivity index (χ3n) is 3.16. The van der Waals surface area contributed by atoms with Gasteiger partial charge in [-0.15, -0.1) is 0 Å². The first kappa shape index (κ1) is 13.1. The number of benzene rings is 1. The van der Waals surface area contributed by atoms with Gasteiger partial charge in [0.2, 0.25) is 11.8 Å². The molecule has 5 heteroatoms. The molecular formula is C14H17NO4. The lowest BCUT2D eigenvalue weighted by atomic mass is 10.2. The van der Waals surface area contributed by atoms with Crippen molar-refractivity contribution in [2.24, 2.45) is 0 Å². The minimum Gasteiger partial charge on any atom is -0.504 e. The zero-order valence-electron chi connectivity index (χ0n) is 11.1. The normalized spacial score (nSPS) is 10.7. The van der Waals surface area contributed by atoms with Gasteiger partial charge in [-0.3, -0.25) is 4.57 Å². The molecule has 0 unspecified atom stereocenters. The predicted octanol–water partition coefficient (Wildman–Crippen LogP) is 2.61. The summed E-state index contributed by atoms with van der Waals surface area (Å²) in [4.78, 5) is 0. The molecule has 0 aliphatic rings. The zero-order chi connectivity index (χ0) is 14.2. The van der Waals surface area contributed by atoms with E-state index in [0.29, 0.717) is 29.2 Å². The van der Waals surface area contributed by atoms with E-state index in [9.17, 15) is 15.3 Å². The fourth-order valence-electron chi connectivity index (χ4n) is 1.93. The molecule has 0 saturated heterocycles. The Morgan fingerprint density at radius 3 is 2.16 bits per heavy atom. The molecule has 0 bridgehead atoms. The van der Waals surface area contributed by atoms with Crippen LogP contribution in [0.3, 0.4) is 0 Å². The topological polar surface area (TPSA) is 74.9 Å². The molecule has 19 heavy (non-hydrogen) atoms. The Bertz CT molecular complexity index is 591. The van der Waals surface area contributed by atoms with E-state index in [4.69, 9.17) is 4.74 Å². The monoisotopic (exact) mass is 263 g/mol. The lowest BCUT2D eigenvalue weighted by Gasteiger charge is -2.11. The summed E-state index contributed by atoms with van der Waals surface area (Å²) in [7, 11) is 0. The summed E-state index contributed by atoms with van der Waals surface area (Å²) in [5, 5.41) is 29.7. The van der Waals surface area contributed by atoms with Gasteiger partial charge in [0.1, 0.15) is 0 Å². The largest absolute Gasteiger partial charge is 0.504 e. The first-order valence-electron chi connectivity index (χ1n) is 6.03. The molecule has 3 N–H and O–H groups in total. The zero-order valence-corrected chi connectivity index (χ0v) is 11.1. The molecule has 102 valence electrons. The molecule has 0 amide bonds. The number of hydrogen-bond donors (Lipinski definition) is 3. The predicted molar refractivity (Wildman–Crippen MR) is 71.4 cm³/mol. The SMILES string of the molecule is CCOc1cc(-n2c(O)c(C)c(C)c2O)ccc1O. The van der Waals surface area contributed by atoms with Gasteiger partial charge < -0.3 is 20.1 Å². The fourth-order valence-corrected chi connectivity index (χ4v) is 1.93. The van der Waals surface area contributed by atoms with E-state index in [1.165, 1.54) is 10.6 Å². The molecule has 0 radical (unpaired) electrons. The number of aromatic nitrogens is 1. The van der Waals surface area contributed by atoms with Crippen molar-refractivity contribution < 1.29 is 20.1 Å². The molecular weight excluding hydrogens is 246 g/mol. The lowest BCUT2D eigenvalue weighted by molar-refractivity contribution is 0.317. The van der Waals surface area contributed by atoms with Crippen molar-refractivity contribution in [1.82, 2.24) is 4.57 Å². The van der Waals surface area contributed by atoms with Gasteiger partial charge in [-0.2, -0.15) is 0 Å². The van der Waals surface area contributed by atoms with E-state index in [1.807, 2.05) is 6.92 Å². The number of aromatic hydroxyl groups is 3. The van der Waals surface area contributed by atoms with Crippen molar-refractivity contribution in [1.29, 1.82) is 0 Å². The van der Waals surface area contributed by atoms with Crippen LogP contribution in [0.5, 0.6) is 23.3 Å². The lowest BCUT2D eigenvalue weighted by Crippen LogP contribution is -1.96. The van der Waals surface area contributed by atoms with Crippen LogP contribution in [0, 0.1) is 13.8 Å². The van der Waals surface area contributed by atoms with Crippen LogP contribution in [0.4, 0.5) is 0 Å². The van der Waals surface area contributed by atoms with Crippen LogP contribution in [-0.2, 0) is 0 Å². The Morgan fingerprint density at radius 2 is 1.63 bits per heavy atom. The summed E-state index contributed by atoms with van der Waals surface area (Å²) in [6.45, 7) is 5.68. The first-order chi connectivity index (χ1) is 8.97. The first-order valence-corrected chi connectivity index (χ1v) is 6.03. The number of rotatable bonds is 3. The summed E-state index contributed by atoms with van der Waals surface area (Å²) >= 11 is 0. The average Bonchev–Trinajstić information content (AvgIpc) is 2.57. The quantitative estimate of drug-likeness (QED) is 0.795. The van der Waals surface area contributed by atoms with Crippen molar-refractivity contribution in [3.05, 3.63) is 29.3 Å². The van der Waals surface area contributed by atoms with Gasteiger partial charge in [-0.1, -0.05) is 0 Å². The van der Waals surface area contributed by atoms with E-state index in [1.54, 1.807) is 26.0 Å². The minimum atomic E-state index is -0.0249. The average molecular weight is 263 g/mol. The molecule has 0 fully saturated rings. The van der Waals surface area contributed by atoms with Crippen LogP contribution < -0.4 is 4.74 Å². The smallest absolute Gasteiger partial charge is 0.201 e. The van der Waals surface area contributed by atoms with Crippen molar-refractivity contribution in [2.45, 2.75) is 20.8 Å². The maximum Gasteiger partial charge on any atom is 0.201 e. The molecule has 1 aromatic heterocycles. The van der Waals surface area contributed by atoms with Crippen molar-refractivity contribution >= 4 is 0 Å². The van der Waals surface area contributed by atoms with Gasteiger partial charge in [-0.05, 0) is 32.9 Å². The number of phenols is 1. The second kappa shape index (κ2) is 4.76. The molecule has 0 aliphatic carbocycles. The fraction of sp³-hybridized carbons (Fsp3) is 0.286. The summed E-state index contributed by atoms with van der Waals surface area (Å²) in [5.74, 6) is 0.277. The Labute approximate surface area is 111 Å². The van der Waals surface area contributed by atoms with Gasteiger partial charge in [0, 0.05) is 17.2 Å². The summed E-state index contributed by atoms with van der Waals surface area (Å²) in [6.07, 6.45) is 0. The van der Waals surface area contributed by atoms with Crippen LogP contribution in [0.15, 0.2) is 18.2 Å². The summed E-state index contributed by atoms with van der Waals surface area (Å²) in [5.41, 5.74) is 1.75. The van der Waals surface area contributed by atoms with Crippen molar-refractivity contribution in [2.75, 3.05) is 6.61 Å². The molecule has 1 aromatic carbocycles.